The predicted octanol–water partition coefficient (Wildman–Crippen LogP) is 1.48. The number of nitrogens with zero attached hydrogens (tertiary/aromatic N) is 4. The minimum atomic E-state index is -0.501. The molecule has 2 rings (SSSR count). The molecule has 7 nitrogen and oxygen atoms in total. The molecule has 0 radical (unpaired) electrons. The minimum Gasteiger partial charge on any atom is -0.360 e. The first-order valence-corrected chi connectivity index (χ1v) is 5.97. The van der Waals surface area contributed by atoms with E-state index in [1.807, 2.05) is 11.0 Å². The molecular formula is C10H9BrN4O3. The topological polar surface area (TPSA) is 92.3 Å². The molecule has 0 N–H and O–H groups in total. The Labute approximate surface area is 111 Å². The van der Waals surface area contributed by atoms with Crippen molar-refractivity contribution in [2.75, 3.05) is 24.6 Å². The summed E-state index contributed by atoms with van der Waals surface area (Å²) < 4.78 is 5.76. The largest absolute Gasteiger partial charge is 0.360 e. The van der Waals surface area contributed by atoms with Crippen LogP contribution in [0.2, 0.25) is 0 Å². The van der Waals surface area contributed by atoms with E-state index in [1.165, 1.54) is 12.3 Å². The second-order valence-corrected chi connectivity index (χ2v) is 4.54. The highest BCUT2D eigenvalue weighted by Crippen LogP contribution is 2.28. The lowest BCUT2D eigenvalue weighted by atomic mass is 10.3. The maximum atomic E-state index is 10.6. The number of aromatic nitrogens is 1. The quantitative estimate of drug-likeness (QED) is 0.606. The summed E-state index contributed by atoms with van der Waals surface area (Å²) in [5.41, 5.74) is -0.0734. The van der Waals surface area contributed by atoms with Crippen molar-refractivity contribution in [1.29, 1.82) is 5.26 Å². The summed E-state index contributed by atoms with van der Waals surface area (Å²) in [4.78, 5) is 16.0. The number of halogens is 1. The number of nitro groups is 1. The molecule has 1 saturated heterocycles. The third-order valence-corrected chi connectivity index (χ3v) is 3.11. The van der Waals surface area contributed by atoms with E-state index < -0.39 is 11.0 Å². The predicted molar refractivity (Wildman–Crippen MR) is 66.2 cm³/mol. The maximum absolute atomic E-state index is 10.6. The van der Waals surface area contributed by atoms with E-state index in [1.54, 1.807) is 0 Å². The first-order valence-electron chi connectivity index (χ1n) is 5.18. The van der Waals surface area contributed by atoms with E-state index in [9.17, 15) is 10.1 Å². The molecule has 8 heteroatoms. The summed E-state index contributed by atoms with van der Waals surface area (Å²) in [7, 11) is 0. The summed E-state index contributed by atoms with van der Waals surface area (Å²) in [6.45, 7) is 1.44. The molecule has 0 aliphatic carbocycles. The SMILES string of the molecule is N#CC1CN(c2ncc([N+](=O)[O-])cc2Br)CCO1. The average Bonchev–Trinajstić information content (AvgIpc) is 2.38. The lowest BCUT2D eigenvalue weighted by Crippen LogP contribution is -2.42. The number of ether oxygens (including phenoxy) is 1. The van der Waals surface area contributed by atoms with Crippen molar-refractivity contribution in [1.82, 2.24) is 4.98 Å². The van der Waals surface area contributed by atoms with E-state index in [4.69, 9.17) is 10.00 Å². The van der Waals surface area contributed by atoms with Crippen LogP contribution < -0.4 is 4.90 Å². The van der Waals surface area contributed by atoms with Gasteiger partial charge in [0.15, 0.2) is 6.10 Å². The molecule has 1 aromatic heterocycles. The Morgan fingerprint density at radius 3 is 3.11 bits per heavy atom. The first kappa shape index (κ1) is 12.7. The van der Waals surface area contributed by atoms with Gasteiger partial charge in [0.05, 0.1) is 28.6 Å². The van der Waals surface area contributed by atoms with Crippen LogP contribution in [0.15, 0.2) is 16.7 Å². The highest BCUT2D eigenvalue weighted by atomic mass is 79.9. The smallest absolute Gasteiger partial charge is 0.288 e. The minimum absolute atomic E-state index is 0.0734. The second-order valence-electron chi connectivity index (χ2n) is 3.69. The van der Waals surface area contributed by atoms with E-state index in [2.05, 4.69) is 20.9 Å². The van der Waals surface area contributed by atoms with Gasteiger partial charge < -0.3 is 9.64 Å². The molecule has 1 aliphatic rings. The normalized spacial score (nSPS) is 19.3. The third kappa shape index (κ3) is 2.57. The number of nitriles is 1. The molecule has 1 aliphatic heterocycles. The molecule has 2 heterocycles. The van der Waals surface area contributed by atoms with Crippen LogP contribution >= 0.6 is 15.9 Å². The number of rotatable bonds is 2. The van der Waals surface area contributed by atoms with Gasteiger partial charge in [0, 0.05) is 12.6 Å². The zero-order chi connectivity index (χ0) is 13.1. The fourth-order valence-corrected chi connectivity index (χ4v) is 2.26. The van der Waals surface area contributed by atoms with Crippen LogP contribution in [0.25, 0.3) is 0 Å². The van der Waals surface area contributed by atoms with Crippen molar-refractivity contribution in [2.24, 2.45) is 0 Å². The second kappa shape index (κ2) is 5.29. The van der Waals surface area contributed by atoms with E-state index in [0.29, 0.717) is 30.0 Å². The van der Waals surface area contributed by atoms with Crippen molar-refractivity contribution in [3.63, 3.8) is 0 Å². The van der Waals surface area contributed by atoms with Gasteiger partial charge in [0.2, 0.25) is 0 Å². The van der Waals surface area contributed by atoms with Crippen LogP contribution in [-0.4, -0.2) is 35.7 Å². The molecule has 0 bridgehead atoms. The van der Waals surface area contributed by atoms with Crippen molar-refractivity contribution in [2.45, 2.75) is 6.10 Å². The van der Waals surface area contributed by atoms with Gasteiger partial charge in [-0.2, -0.15) is 5.26 Å². The van der Waals surface area contributed by atoms with Crippen LogP contribution in [0.5, 0.6) is 0 Å². The Morgan fingerprint density at radius 1 is 1.72 bits per heavy atom. The zero-order valence-electron chi connectivity index (χ0n) is 9.24. The first-order chi connectivity index (χ1) is 8.61. The summed E-state index contributed by atoms with van der Waals surface area (Å²) in [6.07, 6.45) is 0.708. The van der Waals surface area contributed by atoms with Crippen LogP contribution in [-0.2, 0) is 4.74 Å². The van der Waals surface area contributed by atoms with Gasteiger partial charge in [-0.3, -0.25) is 10.1 Å². The highest BCUT2D eigenvalue weighted by Gasteiger charge is 2.23. The number of hydrogen-bond donors (Lipinski definition) is 0. The Balaban J connectivity index is 2.23. The van der Waals surface area contributed by atoms with Gasteiger partial charge in [-0.1, -0.05) is 0 Å². The van der Waals surface area contributed by atoms with Crippen LogP contribution in [0.1, 0.15) is 0 Å². The molecule has 0 spiro atoms. The Kier molecular flexibility index (Phi) is 3.74. The van der Waals surface area contributed by atoms with Crippen molar-refractivity contribution < 1.29 is 9.66 Å². The van der Waals surface area contributed by atoms with Crippen LogP contribution in [0.3, 0.4) is 0 Å². The summed E-state index contributed by atoms with van der Waals surface area (Å²) in [5.74, 6) is 0.587. The van der Waals surface area contributed by atoms with Crippen LogP contribution in [0.4, 0.5) is 11.5 Å². The molecule has 1 unspecified atom stereocenters. The highest BCUT2D eigenvalue weighted by molar-refractivity contribution is 9.10. The van der Waals surface area contributed by atoms with Gasteiger partial charge in [0.25, 0.3) is 5.69 Å². The molecule has 1 aromatic rings. The molecule has 18 heavy (non-hydrogen) atoms. The monoisotopic (exact) mass is 312 g/mol. The van der Waals surface area contributed by atoms with Gasteiger partial charge in [-0.25, -0.2) is 4.98 Å². The number of anilines is 1. The van der Waals surface area contributed by atoms with Gasteiger partial charge in [-0.15, -0.1) is 0 Å². The third-order valence-electron chi connectivity index (χ3n) is 2.53. The summed E-state index contributed by atoms with van der Waals surface area (Å²) in [5, 5.41) is 19.4. The molecule has 94 valence electrons. The number of hydrogen-bond acceptors (Lipinski definition) is 6. The molecular weight excluding hydrogens is 304 g/mol. The van der Waals surface area contributed by atoms with Gasteiger partial charge in [-0.05, 0) is 15.9 Å². The molecule has 0 aromatic carbocycles. The maximum Gasteiger partial charge on any atom is 0.288 e. The zero-order valence-corrected chi connectivity index (χ0v) is 10.8. The average molecular weight is 313 g/mol. The molecule has 0 saturated carbocycles. The van der Waals surface area contributed by atoms with Crippen LogP contribution in [0, 0.1) is 21.4 Å². The van der Waals surface area contributed by atoms with Gasteiger partial charge in [0.1, 0.15) is 12.0 Å². The molecule has 1 fully saturated rings. The lowest BCUT2D eigenvalue weighted by Gasteiger charge is -2.31. The standard InChI is InChI=1S/C10H9BrN4O3/c11-9-3-7(15(16)17)5-13-10(9)14-1-2-18-8(4-12)6-14/h3,5,8H,1-2,6H2. The Morgan fingerprint density at radius 2 is 2.50 bits per heavy atom. The fraction of sp³-hybridized carbons (Fsp3) is 0.400. The number of morpholine rings is 1. The fourth-order valence-electron chi connectivity index (χ4n) is 1.67. The van der Waals surface area contributed by atoms with E-state index in [0.717, 1.165) is 0 Å². The number of pyridine rings is 1. The van der Waals surface area contributed by atoms with E-state index >= 15 is 0 Å². The van der Waals surface area contributed by atoms with Gasteiger partial charge >= 0.3 is 0 Å². The Hall–Kier alpha value is -1.72. The molecule has 0 amide bonds. The van der Waals surface area contributed by atoms with Crippen molar-refractivity contribution in [3.8, 4) is 6.07 Å². The van der Waals surface area contributed by atoms with Crippen molar-refractivity contribution >= 4 is 27.4 Å². The lowest BCUT2D eigenvalue weighted by molar-refractivity contribution is -0.385. The molecule has 1 atom stereocenters. The summed E-state index contributed by atoms with van der Waals surface area (Å²) >= 11 is 3.26. The van der Waals surface area contributed by atoms with Crippen molar-refractivity contribution in [3.05, 3.63) is 26.9 Å². The van der Waals surface area contributed by atoms with E-state index in [-0.39, 0.29) is 5.69 Å². The summed E-state index contributed by atoms with van der Waals surface area (Å²) in [6, 6.07) is 3.44. The Bertz CT molecular complexity index is 516.